The van der Waals surface area contributed by atoms with Crippen LogP contribution in [0.4, 0.5) is 0 Å². The lowest BCUT2D eigenvalue weighted by Crippen LogP contribution is -2.40. The molecule has 1 amide bonds. The molecule has 0 aliphatic carbocycles. The third-order valence-corrected chi connectivity index (χ3v) is 6.26. The first kappa shape index (κ1) is 20.2. The van der Waals surface area contributed by atoms with Crippen LogP contribution < -0.4 is 0 Å². The van der Waals surface area contributed by atoms with Crippen LogP contribution in [0.2, 0.25) is 0 Å². The van der Waals surface area contributed by atoms with Gasteiger partial charge in [-0.3, -0.25) is 9.59 Å². The van der Waals surface area contributed by atoms with Gasteiger partial charge in [0.2, 0.25) is 0 Å². The molecule has 1 aliphatic rings. The molecule has 3 aromatic rings. The lowest BCUT2D eigenvalue weighted by atomic mass is 9.96. The third kappa shape index (κ3) is 4.25. The van der Waals surface area contributed by atoms with E-state index in [9.17, 15) is 9.59 Å². The Morgan fingerprint density at radius 1 is 1.20 bits per heavy atom. The van der Waals surface area contributed by atoms with E-state index < -0.39 is 0 Å². The maximum Gasteiger partial charge on any atom is 0.309 e. The molecule has 30 heavy (non-hydrogen) atoms. The van der Waals surface area contributed by atoms with Gasteiger partial charge in [-0.1, -0.05) is 0 Å². The van der Waals surface area contributed by atoms with Crippen LogP contribution in [-0.4, -0.2) is 56.7 Å². The van der Waals surface area contributed by atoms with Gasteiger partial charge in [-0.05, 0) is 73.0 Å². The van der Waals surface area contributed by atoms with E-state index in [1.165, 1.54) is 11.2 Å². The fourth-order valence-electron chi connectivity index (χ4n) is 3.64. The summed E-state index contributed by atoms with van der Waals surface area (Å²) >= 11 is 1.67. The Labute approximate surface area is 178 Å². The number of hydrogen-bond acceptors (Lipinski definition) is 7. The summed E-state index contributed by atoms with van der Waals surface area (Å²) in [5.74, 6) is -0.353. The lowest BCUT2D eigenvalue weighted by Gasteiger charge is -2.31. The number of aryl methyl sites for hydroxylation is 1. The Morgan fingerprint density at radius 3 is 2.63 bits per heavy atom. The van der Waals surface area contributed by atoms with Crippen molar-refractivity contribution >= 4 is 23.2 Å². The van der Waals surface area contributed by atoms with E-state index in [1.807, 2.05) is 12.1 Å². The van der Waals surface area contributed by atoms with Crippen LogP contribution in [0.25, 0.3) is 16.1 Å². The van der Waals surface area contributed by atoms with E-state index in [0.717, 1.165) is 16.1 Å². The van der Waals surface area contributed by atoms with Crippen LogP contribution in [0.15, 0.2) is 36.7 Å². The Bertz CT molecular complexity index is 1040. The molecular formula is C21H23N5O3S. The van der Waals surface area contributed by atoms with Gasteiger partial charge in [-0.25, -0.2) is 4.68 Å². The van der Waals surface area contributed by atoms with E-state index in [-0.39, 0.29) is 17.8 Å². The Balaban J connectivity index is 1.59. The van der Waals surface area contributed by atoms with Crippen molar-refractivity contribution in [2.75, 3.05) is 19.7 Å². The largest absolute Gasteiger partial charge is 0.466 e. The van der Waals surface area contributed by atoms with E-state index in [0.29, 0.717) is 38.1 Å². The van der Waals surface area contributed by atoms with Gasteiger partial charge in [-0.2, -0.15) is 0 Å². The van der Waals surface area contributed by atoms with Gasteiger partial charge < -0.3 is 9.64 Å². The van der Waals surface area contributed by atoms with Gasteiger partial charge in [0, 0.05) is 28.4 Å². The molecule has 0 N–H and O–H groups in total. The SMILES string of the molecule is CCOC(=O)C1CCN(C(=O)c2cc(-c3ccc(C)s3)cc(-n3cnnn3)c2)CC1. The highest BCUT2D eigenvalue weighted by molar-refractivity contribution is 7.15. The minimum absolute atomic E-state index is 0.0539. The summed E-state index contributed by atoms with van der Waals surface area (Å²) in [5, 5.41) is 11.4. The van der Waals surface area contributed by atoms with Crippen molar-refractivity contribution in [2.24, 2.45) is 5.92 Å². The first-order valence-electron chi connectivity index (χ1n) is 9.96. The van der Waals surface area contributed by atoms with Crippen LogP contribution in [0.1, 0.15) is 35.0 Å². The summed E-state index contributed by atoms with van der Waals surface area (Å²) < 4.78 is 6.67. The summed E-state index contributed by atoms with van der Waals surface area (Å²) in [6.45, 7) is 5.31. The molecule has 9 heteroatoms. The number of carbonyl (C=O) groups excluding carboxylic acids is 2. The number of piperidine rings is 1. The van der Waals surface area contributed by atoms with Crippen molar-refractivity contribution in [1.29, 1.82) is 0 Å². The van der Waals surface area contributed by atoms with Gasteiger partial charge in [0.1, 0.15) is 6.33 Å². The van der Waals surface area contributed by atoms with Gasteiger partial charge in [-0.15, -0.1) is 16.4 Å². The minimum atomic E-state index is -0.166. The molecule has 0 spiro atoms. The molecule has 1 aliphatic heterocycles. The molecule has 0 bridgehead atoms. The van der Waals surface area contributed by atoms with Gasteiger partial charge in [0.25, 0.3) is 5.91 Å². The number of likely N-dealkylation sites (tertiary alicyclic amines) is 1. The minimum Gasteiger partial charge on any atom is -0.466 e. The molecule has 0 radical (unpaired) electrons. The number of hydrogen-bond donors (Lipinski definition) is 0. The number of esters is 1. The third-order valence-electron chi connectivity index (χ3n) is 5.21. The average molecular weight is 426 g/mol. The number of rotatable bonds is 5. The second-order valence-electron chi connectivity index (χ2n) is 7.25. The fourth-order valence-corrected chi connectivity index (χ4v) is 4.49. The molecular weight excluding hydrogens is 402 g/mol. The van der Waals surface area contributed by atoms with Crippen molar-refractivity contribution in [2.45, 2.75) is 26.7 Å². The maximum atomic E-state index is 13.3. The number of tetrazole rings is 1. The van der Waals surface area contributed by atoms with E-state index in [2.05, 4.69) is 34.6 Å². The van der Waals surface area contributed by atoms with Crippen LogP contribution in [0, 0.1) is 12.8 Å². The monoisotopic (exact) mass is 425 g/mol. The summed E-state index contributed by atoms with van der Waals surface area (Å²) in [4.78, 5) is 29.3. The zero-order valence-corrected chi connectivity index (χ0v) is 17.8. The molecule has 0 atom stereocenters. The molecule has 0 saturated carbocycles. The van der Waals surface area contributed by atoms with Crippen molar-refractivity contribution < 1.29 is 14.3 Å². The first-order valence-corrected chi connectivity index (χ1v) is 10.8. The molecule has 8 nitrogen and oxygen atoms in total. The second kappa shape index (κ2) is 8.74. The van der Waals surface area contributed by atoms with Gasteiger partial charge >= 0.3 is 5.97 Å². The van der Waals surface area contributed by atoms with Crippen molar-refractivity contribution in [3.8, 4) is 16.1 Å². The molecule has 2 aromatic heterocycles. The van der Waals surface area contributed by atoms with Crippen molar-refractivity contribution in [3.63, 3.8) is 0 Å². The number of thiophene rings is 1. The predicted molar refractivity (Wildman–Crippen MR) is 112 cm³/mol. The first-order chi connectivity index (χ1) is 14.5. The van der Waals surface area contributed by atoms with Gasteiger partial charge in [0.15, 0.2) is 0 Å². The standard InChI is InChI=1S/C21H23N5O3S/c1-3-29-21(28)15-6-8-25(9-7-15)20(27)17-10-16(19-5-4-14(2)30-19)11-18(12-17)26-13-22-23-24-26/h4-5,10-13,15H,3,6-9H2,1-2H3. The zero-order valence-electron chi connectivity index (χ0n) is 16.9. The highest BCUT2D eigenvalue weighted by Gasteiger charge is 2.29. The van der Waals surface area contributed by atoms with E-state index >= 15 is 0 Å². The predicted octanol–water partition coefficient (Wildman–Crippen LogP) is 3.11. The molecule has 1 fully saturated rings. The average Bonchev–Trinajstić information content (AvgIpc) is 3.45. The topological polar surface area (TPSA) is 90.2 Å². The molecule has 1 aromatic carbocycles. The summed E-state index contributed by atoms with van der Waals surface area (Å²) in [7, 11) is 0. The smallest absolute Gasteiger partial charge is 0.309 e. The second-order valence-corrected chi connectivity index (χ2v) is 8.54. The van der Waals surface area contributed by atoms with Gasteiger partial charge in [0.05, 0.1) is 18.2 Å². The summed E-state index contributed by atoms with van der Waals surface area (Å²) in [5.41, 5.74) is 2.26. The normalized spacial score (nSPS) is 14.7. The van der Waals surface area contributed by atoms with Crippen molar-refractivity contribution in [3.05, 3.63) is 47.1 Å². The number of nitrogens with zero attached hydrogens (tertiary/aromatic N) is 5. The highest BCUT2D eigenvalue weighted by Crippen LogP contribution is 2.31. The maximum absolute atomic E-state index is 13.3. The number of benzene rings is 1. The van der Waals surface area contributed by atoms with Crippen LogP contribution in [0.3, 0.4) is 0 Å². The number of amides is 1. The number of ether oxygens (including phenoxy) is 1. The van der Waals surface area contributed by atoms with E-state index in [1.54, 1.807) is 33.9 Å². The zero-order chi connectivity index (χ0) is 21.1. The van der Waals surface area contributed by atoms with Crippen molar-refractivity contribution in [1.82, 2.24) is 25.1 Å². The quantitative estimate of drug-likeness (QED) is 0.584. The highest BCUT2D eigenvalue weighted by atomic mass is 32.1. The molecule has 0 unspecified atom stereocenters. The lowest BCUT2D eigenvalue weighted by molar-refractivity contribution is -0.149. The van der Waals surface area contributed by atoms with Crippen LogP contribution >= 0.6 is 11.3 Å². The summed E-state index contributed by atoms with van der Waals surface area (Å²) in [6, 6.07) is 9.81. The van der Waals surface area contributed by atoms with Crippen LogP contribution in [-0.2, 0) is 9.53 Å². The molecule has 4 rings (SSSR count). The Kier molecular flexibility index (Phi) is 5.89. The summed E-state index contributed by atoms with van der Waals surface area (Å²) in [6.07, 6.45) is 2.75. The number of carbonyl (C=O) groups is 2. The molecule has 1 saturated heterocycles. The van der Waals surface area contributed by atoms with Crippen LogP contribution in [0.5, 0.6) is 0 Å². The van der Waals surface area contributed by atoms with E-state index in [4.69, 9.17) is 4.74 Å². The molecule has 156 valence electrons. The Morgan fingerprint density at radius 2 is 2.00 bits per heavy atom. The Hall–Kier alpha value is -3.07. The molecule has 3 heterocycles. The fraction of sp³-hybridized carbons (Fsp3) is 0.381. The number of aromatic nitrogens is 4.